The lowest BCUT2D eigenvalue weighted by atomic mass is 10.0. The van der Waals surface area contributed by atoms with Crippen LogP contribution >= 0.6 is 0 Å². The van der Waals surface area contributed by atoms with Gasteiger partial charge < -0.3 is 14.2 Å². The van der Waals surface area contributed by atoms with Crippen LogP contribution < -0.4 is 0 Å². The van der Waals surface area contributed by atoms with Gasteiger partial charge in [0, 0.05) is 19.3 Å². The maximum atomic E-state index is 12.9. The molecule has 0 saturated carbocycles. The molecule has 74 heavy (non-hydrogen) atoms. The number of ether oxygens (including phenoxy) is 3. The maximum absolute atomic E-state index is 12.9. The van der Waals surface area contributed by atoms with E-state index >= 15 is 0 Å². The van der Waals surface area contributed by atoms with Crippen LogP contribution in [0.2, 0.25) is 0 Å². The number of hydrogen-bond donors (Lipinski definition) is 0. The first-order chi connectivity index (χ1) is 36.5. The summed E-state index contributed by atoms with van der Waals surface area (Å²) in [7, 11) is 0. The van der Waals surface area contributed by atoms with E-state index in [2.05, 4.69) is 32.9 Å². The standard InChI is InChI=1S/C68H130O6/c1-4-7-10-13-16-19-22-25-28-30-32-33-34-35-36-38-40-43-46-49-52-55-58-61-67(70)73-64-65(63-72-66(69)60-57-54-51-48-45-42-39-27-24-21-18-15-12-9-6-3)74-68(71)62-59-56-53-50-47-44-41-37-31-29-26-23-20-17-14-11-8-5-2/h30,32,65H,4-29,31,33-64H2,1-3H3/b32-30-. The molecule has 0 aromatic heterocycles. The van der Waals surface area contributed by atoms with Crippen molar-refractivity contribution in [3.63, 3.8) is 0 Å². The van der Waals surface area contributed by atoms with Crippen LogP contribution in [0.1, 0.15) is 387 Å². The second kappa shape index (κ2) is 63.7. The van der Waals surface area contributed by atoms with E-state index in [-0.39, 0.29) is 31.1 Å². The van der Waals surface area contributed by atoms with E-state index < -0.39 is 6.10 Å². The molecule has 0 aliphatic heterocycles. The van der Waals surface area contributed by atoms with Gasteiger partial charge in [0.1, 0.15) is 13.2 Å². The second-order valence-corrected chi connectivity index (χ2v) is 23.1. The molecule has 0 rings (SSSR count). The van der Waals surface area contributed by atoms with Gasteiger partial charge in [0.05, 0.1) is 0 Å². The van der Waals surface area contributed by atoms with Gasteiger partial charge in [-0.1, -0.05) is 335 Å². The quantitative estimate of drug-likeness (QED) is 0.0261. The van der Waals surface area contributed by atoms with Crippen LogP contribution in [-0.4, -0.2) is 37.2 Å². The minimum absolute atomic E-state index is 0.0630. The molecule has 6 heteroatoms. The molecule has 0 heterocycles. The van der Waals surface area contributed by atoms with Crippen LogP contribution in [0.3, 0.4) is 0 Å². The van der Waals surface area contributed by atoms with Crippen molar-refractivity contribution < 1.29 is 28.6 Å². The minimum Gasteiger partial charge on any atom is -0.462 e. The van der Waals surface area contributed by atoms with Crippen molar-refractivity contribution in [2.45, 2.75) is 393 Å². The van der Waals surface area contributed by atoms with E-state index in [9.17, 15) is 14.4 Å². The van der Waals surface area contributed by atoms with Gasteiger partial charge in [-0.3, -0.25) is 14.4 Å². The van der Waals surface area contributed by atoms with Gasteiger partial charge in [0.25, 0.3) is 0 Å². The van der Waals surface area contributed by atoms with E-state index in [1.54, 1.807) is 0 Å². The lowest BCUT2D eigenvalue weighted by molar-refractivity contribution is -0.167. The Bertz CT molecular complexity index is 1150. The van der Waals surface area contributed by atoms with Crippen LogP contribution in [0.15, 0.2) is 12.2 Å². The molecule has 1 atom stereocenters. The van der Waals surface area contributed by atoms with E-state index in [1.807, 2.05) is 0 Å². The zero-order valence-corrected chi connectivity index (χ0v) is 50.4. The average Bonchev–Trinajstić information content (AvgIpc) is 3.40. The van der Waals surface area contributed by atoms with Crippen molar-refractivity contribution in [1.29, 1.82) is 0 Å². The first-order valence-electron chi connectivity index (χ1n) is 33.7. The summed E-state index contributed by atoms with van der Waals surface area (Å²) >= 11 is 0. The molecule has 0 aromatic carbocycles. The summed E-state index contributed by atoms with van der Waals surface area (Å²) in [5.74, 6) is -0.829. The summed E-state index contributed by atoms with van der Waals surface area (Å²) < 4.78 is 17.0. The van der Waals surface area contributed by atoms with Crippen LogP contribution in [0, 0.1) is 0 Å². The van der Waals surface area contributed by atoms with Gasteiger partial charge in [-0.25, -0.2) is 0 Å². The molecule has 0 fully saturated rings. The number of carbonyl (C=O) groups is 3. The van der Waals surface area contributed by atoms with Gasteiger partial charge in [-0.05, 0) is 44.9 Å². The molecular formula is C68H130O6. The Morgan fingerprint density at radius 3 is 0.676 bits per heavy atom. The van der Waals surface area contributed by atoms with Crippen molar-refractivity contribution in [3.8, 4) is 0 Å². The average molecular weight is 1040 g/mol. The van der Waals surface area contributed by atoms with Crippen molar-refractivity contribution in [1.82, 2.24) is 0 Å². The fourth-order valence-electron chi connectivity index (χ4n) is 10.4. The molecule has 1 unspecified atom stereocenters. The molecular weight excluding hydrogens is 913 g/mol. The Hall–Kier alpha value is -1.85. The van der Waals surface area contributed by atoms with Gasteiger partial charge >= 0.3 is 17.9 Å². The molecule has 6 nitrogen and oxygen atoms in total. The van der Waals surface area contributed by atoms with Crippen molar-refractivity contribution in [2.24, 2.45) is 0 Å². The Labute approximate surface area is 462 Å². The van der Waals surface area contributed by atoms with E-state index in [0.717, 1.165) is 57.8 Å². The Morgan fingerprint density at radius 2 is 0.446 bits per heavy atom. The summed E-state index contributed by atoms with van der Waals surface area (Å²) in [5, 5.41) is 0. The number of esters is 3. The highest BCUT2D eigenvalue weighted by molar-refractivity contribution is 5.71. The molecule has 0 radical (unpaired) electrons. The fourth-order valence-corrected chi connectivity index (χ4v) is 10.4. The summed E-state index contributed by atoms with van der Waals surface area (Å²) in [6, 6.07) is 0. The van der Waals surface area contributed by atoms with E-state index in [1.165, 1.54) is 289 Å². The first kappa shape index (κ1) is 72.2. The smallest absolute Gasteiger partial charge is 0.306 e. The Morgan fingerprint density at radius 1 is 0.257 bits per heavy atom. The largest absolute Gasteiger partial charge is 0.462 e. The third-order valence-electron chi connectivity index (χ3n) is 15.5. The number of allylic oxidation sites excluding steroid dienone is 2. The number of rotatable bonds is 63. The van der Waals surface area contributed by atoms with Gasteiger partial charge in [0.15, 0.2) is 6.10 Å². The number of hydrogen-bond acceptors (Lipinski definition) is 6. The van der Waals surface area contributed by atoms with Crippen molar-refractivity contribution in [3.05, 3.63) is 12.2 Å². The van der Waals surface area contributed by atoms with Crippen LogP contribution in [0.4, 0.5) is 0 Å². The topological polar surface area (TPSA) is 78.9 Å². The number of carbonyl (C=O) groups excluding carboxylic acids is 3. The normalized spacial score (nSPS) is 12.0. The second-order valence-electron chi connectivity index (χ2n) is 23.1. The molecule has 0 aromatic rings. The lowest BCUT2D eigenvalue weighted by Gasteiger charge is -2.18. The fraction of sp³-hybridized carbons (Fsp3) is 0.926. The summed E-state index contributed by atoms with van der Waals surface area (Å²) in [5.41, 5.74) is 0. The molecule has 0 bridgehead atoms. The van der Waals surface area contributed by atoms with Gasteiger partial charge in [-0.2, -0.15) is 0 Å². The highest BCUT2D eigenvalue weighted by atomic mass is 16.6. The Kier molecular flexibility index (Phi) is 62.1. The highest BCUT2D eigenvalue weighted by Crippen LogP contribution is 2.18. The first-order valence-corrected chi connectivity index (χ1v) is 33.7. The zero-order chi connectivity index (χ0) is 53.6. The summed E-state index contributed by atoms with van der Waals surface area (Å²) in [6.45, 7) is 6.73. The number of unbranched alkanes of at least 4 members (excludes halogenated alkanes) is 50. The molecule has 0 spiro atoms. The van der Waals surface area contributed by atoms with E-state index in [4.69, 9.17) is 14.2 Å². The SMILES string of the molecule is CCCCCCCCCC/C=C\CCCCCCCCCCCCCC(=O)OCC(COC(=O)CCCCCCCCCCCCCCCCC)OC(=O)CCCCCCCCCCCCCCCCCCCC. The summed E-state index contributed by atoms with van der Waals surface area (Å²) in [4.78, 5) is 38.4. The predicted molar refractivity (Wildman–Crippen MR) is 321 cm³/mol. The molecule has 0 aliphatic rings. The molecule has 0 amide bonds. The van der Waals surface area contributed by atoms with Crippen LogP contribution in [0.25, 0.3) is 0 Å². The van der Waals surface area contributed by atoms with Gasteiger partial charge in [-0.15, -0.1) is 0 Å². The Balaban J connectivity index is 4.26. The molecule has 0 N–H and O–H groups in total. The van der Waals surface area contributed by atoms with Gasteiger partial charge in [0.2, 0.25) is 0 Å². The lowest BCUT2D eigenvalue weighted by Crippen LogP contribution is -2.30. The van der Waals surface area contributed by atoms with E-state index in [0.29, 0.717) is 19.3 Å². The summed E-state index contributed by atoms with van der Waals surface area (Å²) in [6.07, 6.45) is 75.1. The molecule has 0 aliphatic carbocycles. The third-order valence-corrected chi connectivity index (χ3v) is 15.5. The predicted octanol–water partition coefficient (Wildman–Crippen LogP) is 22.8. The zero-order valence-electron chi connectivity index (χ0n) is 50.4. The van der Waals surface area contributed by atoms with Crippen molar-refractivity contribution in [2.75, 3.05) is 13.2 Å². The molecule has 0 saturated heterocycles. The minimum atomic E-state index is -0.766. The van der Waals surface area contributed by atoms with Crippen LogP contribution in [-0.2, 0) is 28.6 Å². The highest BCUT2D eigenvalue weighted by Gasteiger charge is 2.19. The van der Waals surface area contributed by atoms with Crippen LogP contribution in [0.5, 0.6) is 0 Å². The maximum Gasteiger partial charge on any atom is 0.306 e. The molecule has 438 valence electrons. The monoisotopic (exact) mass is 1040 g/mol. The van der Waals surface area contributed by atoms with Crippen molar-refractivity contribution >= 4 is 17.9 Å². The third kappa shape index (κ3) is 61.0.